The van der Waals surface area contributed by atoms with E-state index in [2.05, 4.69) is 45.2 Å². The Hall–Kier alpha value is -1.17. The lowest BCUT2D eigenvalue weighted by atomic mass is 9.92. The molecule has 1 N–H and O–H groups in total. The summed E-state index contributed by atoms with van der Waals surface area (Å²) in [5.41, 5.74) is 2.43. The zero-order chi connectivity index (χ0) is 15.7. The first-order chi connectivity index (χ1) is 10.6. The van der Waals surface area contributed by atoms with Crippen LogP contribution in [0.4, 0.5) is 0 Å². The van der Waals surface area contributed by atoms with Crippen LogP contribution in [0.15, 0.2) is 24.3 Å². The van der Waals surface area contributed by atoms with Gasteiger partial charge in [-0.15, -0.1) is 0 Å². The first-order valence-corrected chi connectivity index (χ1v) is 8.61. The number of imidazole rings is 1. The topological polar surface area (TPSA) is 33.3 Å². The molecule has 0 bridgehead atoms. The van der Waals surface area contributed by atoms with Crippen LogP contribution >= 0.6 is 12.2 Å². The summed E-state index contributed by atoms with van der Waals surface area (Å²) in [5.74, 6) is 0.446. The first kappa shape index (κ1) is 15.7. The van der Waals surface area contributed by atoms with Gasteiger partial charge >= 0.3 is 0 Å². The largest absolute Gasteiger partial charge is 0.393 e. The number of hydrogen-bond donors (Lipinski definition) is 1. The molecule has 120 valence electrons. The zero-order valence-electron chi connectivity index (χ0n) is 13.4. The van der Waals surface area contributed by atoms with E-state index < -0.39 is 0 Å². The number of hydrogen-bond acceptors (Lipinski definition) is 3. The number of likely N-dealkylation sites (tertiary alicyclic amines) is 1. The summed E-state index contributed by atoms with van der Waals surface area (Å²) in [6.45, 7) is 7.85. The standard InChI is InChI=1S/C17H25N3OS/c1-3-19-15-6-4-5-7-16(15)20(17(19)22)12-18-10-8-14(9-11-18)13(2)21/h4-7,13-14,21H,3,8-12H2,1-2H3. The minimum absolute atomic E-state index is 0.189. The van der Waals surface area contributed by atoms with Crippen LogP contribution in [0.1, 0.15) is 26.7 Å². The second-order valence-corrected chi connectivity index (χ2v) is 6.65. The van der Waals surface area contributed by atoms with E-state index in [1.807, 2.05) is 6.92 Å². The fourth-order valence-corrected chi connectivity index (χ4v) is 3.88. The SMILES string of the molecule is CCn1c(=S)n(CN2CCC(C(C)O)CC2)c2ccccc21. The molecule has 0 aliphatic carbocycles. The van der Waals surface area contributed by atoms with Crippen molar-refractivity contribution in [1.29, 1.82) is 0 Å². The molecule has 0 amide bonds. The maximum Gasteiger partial charge on any atom is 0.181 e. The van der Waals surface area contributed by atoms with Crippen molar-refractivity contribution in [3.05, 3.63) is 29.0 Å². The lowest BCUT2D eigenvalue weighted by Gasteiger charge is -2.33. The van der Waals surface area contributed by atoms with Crippen molar-refractivity contribution < 1.29 is 5.11 Å². The van der Waals surface area contributed by atoms with E-state index >= 15 is 0 Å². The molecule has 5 heteroatoms. The van der Waals surface area contributed by atoms with E-state index in [1.165, 1.54) is 11.0 Å². The van der Waals surface area contributed by atoms with Crippen molar-refractivity contribution in [2.45, 2.75) is 46.0 Å². The van der Waals surface area contributed by atoms with Crippen molar-refractivity contribution in [3.8, 4) is 0 Å². The predicted molar refractivity (Wildman–Crippen MR) is 92.4 cm³/mol. The Bertz CT molecular complexity index is 695. The highest BCUT2D eigenvalue weighted by Gasteiger charge is 2.23. The van der Waals surface area contributed by atoms with E-state index in [1.54, 1.807) is 0 Å². The molecule has 1 aliphatic rings. The summed E-state index contributed by atoms with van der Waals surface area (Å²) in [4.78, 5) is 2.45. The Kier molecular flexibility index (Phi) is 4.66. The van der Waals surface area contributed by atoms with Crippen LogP contribution in [0.25, 0.3) is 11.0 Å². The molecule has 0 saturated carbocycles. The van der Waals surface area contributed by atoms with Gasteiger partial charge in [0.1, 0.15) is 0 Å². The Morgan fingerprint density at radius 1 is 1.18 bits per heavy atom. The summed E-state index contributed by atoms with van der Waals surface area (Å²) < 4.78 is 5.35. The van der Waals surface area contributed by atoms with Crippen LogP contribution in [0.5, 0.6) is 0 Å². The number of fused-ring (bicyclic) bond motifs is 1. The maximum atomic E-state index is 9.73. The zero-order valence-corrected chi connectivity index (χ0v) is 14.2. The van der Waals surface area contributed by atoms with Crippen molar-refractivity contribution >= 4 is 23.3 Å². The molecule has 2 heterocycles. The molecule has 1 aromatic carbocycles. The Morgan fingerprint density at radius 3 is 2.32 bits per heavy atom. The van der Waals surface area contributed by atoms with Crippen LogP contribution < -0.4 is 0 Å². The molecular weight excluding hydrogens is 294 g/mol. The molecule has 22 heavy (non-hydrogen) atoms. The molecule has 3 rings (SSSR count). The lowest BCUT2D eigenvalue weighted by Crippen LogP contribution is -2.38. The fourth-order valence-electron chi connectivity index (χ4n) is 3.49. The van der Waals surface area contributed by atoms with Crippen molar-refractivity contribution in [1.82, 2.24) is 14.0 Å². The van der Waals surface area contributed by atoms with E-state index in [-0.39, 0.29) is 6.10 Å². The van der Waals surface area contributed by atoms with Gasteiger partial charge in [-0.05, 0) is 57.0 Å². The molecule has 2 aromatic rings. The number of benzene rings is 1. The average Bonchev–Trinajstić information content (AvgIpc) is 2.80. The molecule has 1 saturated heterocycles. The van der Waals surface area contributed by atoms with E-state index in [4.69, 9.17) is 12.2 Å². The number of nitrogens with zero attached hydrogens (tertiary/aromatic N) is 3. The normalized spacial score (nSPS) is 18.9. The summed E-state index contributed by atoms with van der Waals surface area (Å²) in [6.07, 6.45) is 1.95. The summed E-state index contributed by atoms with van der Waals surface area (Å²) in [5, 5.41) is 9.73. The van der Waals surface area contributed by atoms with Gasteiger partial charge in [0.15, 0.2) is 4.77 Å². The van der Waals surface area contributed by atoms with E-state index in [0.29, 0.717) is 5.92 Å². The number of aliphatic hydroxyl groups excluding tert-OH is 1. The van der Waals surface area contributed by atoms with Gasteiger partial charge < -0.3 is 14.2 Å². The van der Waals surface area contributed by atoms with Gasteiger partial charge in [0, 0.05) is 19.6 Å². The third-order valence-electron chi connectivity index (χ3n) is 4.90. The number of rotatable bonds is 4. The van der Waals surface area contributed by atoms with Gasteiger partial charge in [-0.25, -0.2) is 0 Å². The van der Waals surface area contributed by atoms with Gasteiger partial charge in [-0.1, -0.05) is 12.1 Å². The third kappa shape index (κ3) is 2.85. The van der Waals surface area contributed by atoms with Gasteiger partial charge in [0.2, 0.25) is 0 Å². The third-order valence-corrected chi connectivity index (χ3v) is 5.34. The number of para-hydroxylation sites is 2. The smallest absolute Gasteiger partial charge is 0.181 e. The summed E-state index contributed by atoms with van der Waals surface area (Å²) >= 11 is 5.68. The van der Waals surface area contributed by atoms with Gasteiger partial charge in [-0.2, -0.15) is 0 Å². The highest BCUT2D eigenvalue weighted by molar-refractivity contribution is 7.71. The fraction of sp³-hybridized carbons (Fsp3) is 0.588. The van der Waals surface area contributed by atoms with E-state index in [0.717, 1.165) is 43.9 Å². The highest BCUT2D eigenvalue weighted by Crippen LogP contribution is 2.23. The molecular formula is C17H25N3OS. The summed E-state index contributed by atoms with van der Waals surface area (Å²) in [6, 6.07) is 8.44. The summed E-state index contributed by atoms with van der Waals surface area (Å²) in [7, 11) is 0. The first-order valence-electron chi connectivity index (χ1n) is 8.20. The van der Waals surface area contributed by atoms with Gasteiger partial charge in [0.05, 0.1) is 23.8 Å². The molecule has 1 unspecified atom stereocenters. The second kappa shape index (κ2) is 6.52. The molecule has 1 fully saturated rings. The maximum absolute atomic E-state index is 9.73. The molecule has 1 atom stereocenters. The number of aryl methyl sites for hydroxylation is 1. The molecule has 0 spiro atoms. The number of aliphatic hydroxyl groups is 1. The Balaban J connectivity index is 1.83. The monoisotopic (exact) mass is 319 g/mol. The van der Waals surface area contributed by atoms with Gasteiger partial charge in [-0.3, -0.25) is 4.90 Å². The van der Waals surface area contributed by atoms with Gasteiger partial charge in [0.25, 0.3) is 0 Å². The second-order valence-electron chi connectivity index (χ2n) is 6.28. The van der Waals surface area contributed by atoms with Crippen molar-refractivity contribution in [2.24, 2.45) is 5.92 Å². The van der Waals surface area contributed by atoms with Crippen molar-refractivity contribution in [3.63, 3.8) is 0 Å². The number of piperidine rings is 1. The van der Waals surface area contributed by atoms with Crippen LogP contribution in [0, 0.1) is 10.7 Å². The van der Waals surface area contributed by atoms with Crippen LogP contribution in [0.2, 0.25) is 0 Å². The minimum atomic E-state index is -0.189. The number of aromatic nitrogens is 2. The molecule has 1 aliphatic heterocycles. The Morgan fingerprint density at radius 2 is 1.77 bits per heavy atom. The molecule has 1 aromatic heterocycles. The van der Waals surface area contributed by atoms with Crippen molar-refractivity contribution in [2.75, 3.05) is 13.1 Å². The van der Waals surface area contributed by atoms with Crippen LogP contribution in [-0.2, 0) is 13.2 Å². The van der Waals surface area contributed by atoms with E-state index in [9.17, 15) is 5.11 Å². The highest BCUT2D eigenvalue weighted by atomic mass is 32.1. The minimum Gasteiger partial charge on any atom is -0.393 e. The van der Waals surface area contributed by atoms with Crippen LogP contribution in [0.3, 0.4) is 0 Å². The average molecular weight is 319 g/mol. The predicted octanol–water partition coefficient (Wildman–Crippen LogP) is 3.24. The molecule has 4 nitrogen and oxygen atoms in total. The lowest BCUT2D eigenvalue weighted by molar-refractivity contribution is 0.0616. The Labute approximate surface area is 137 Å². The van der Waals surface area contributed by atoms with Crippen LogP contribution in [-0.4, -0.2) is 38.3 Å². The molecule has 0 radical (unpaired) electrons. The quantitative estimate of drug-likeness (QED) is 0.878.